The molecule has 1 aromatic heterocycles. The van der Waals surface area contributed by atoms with Crippen molar-refractivity contribution >= 4 is 5.91 Å². The number of aromatic amines is 1. The highest BCUT2D eigenvalue weighted by Crippen LogP contribution is 2.40. The monoisotopic (exact) mass is 369 g/mol. The summed E-state index contributed by atoms with van der Waals surface area (Å²) < 4.78 is 13.7. The fourth-order valence-electron chi connectivity index (χ4n) is 4.78. The highest BCUT2D eigenvalue weighted by atomic mass is 19.1. The van der Waals surface area contributed by atoms with E-state index in [1.807, 2.05) is 6.07 Å². The number of fused-ring (bicyclic) bond motifs is 1. The Morgan fingerprint density at radius 1 is 1.19 bits per heavy atom. The minimum atomic E-state index is -0.201. The molecule has 1 fully saturated rings. The van der Waals surface area contributed by atoms with Gasteiger partial charge in [-0.25, -0.2) is 4.39 Å². The summed E-state index contributed by atoms with van der Waals surface area (Å²) in [7, 11) is 0. The van der Waals surface area contributed by atoms with Crippen LogP contribution in [0.2, 0.25) is 0 Å². The second-order valence-electron chi connectivity index (χ2n) is 8.11. The van der Waals surface area contributed by atoms with Crippen molar-refractivity contribution in [3.63, 3.8) is 0 Å². The van der Waals surface area contributed by atoms with E-state index < -0.39 is 0 Å². The second-order valence-corrected chi connectivity index (χ2v) is 8.11. The number of aromatic nitrogens is 2. The number of halogens is 1. The van der Waals surface area contributed by atoms with Crippen molar-refractivity contribution in [1.82, 2.24) is 15.5 Å². The van der Waals surface area contributed by atoms with Crippen molar-refractivity contribution in [1.29, 1.82) is 0 Å². The van der Waals surface area contributed by atoms with Crippen molar-refractivity contribution in [2.75, 3.05) is 6.54 Å². The van der Waals surface area contributed by atoms with Crippen molar-refractivity contribution in [2.24, 2.45) is 0 Å². The summed E-state index contributed by atoms with van der Waals surface area (Å²) in [6.07, 6.45) is 9.99. The maximum atomic E-state index is 13.7. The number of hydrogen-bond acceptors (Lipinski definition) is 2. The molecule has 27 heavy (non-hydrogen) atoms. The molecular formula is C22H28FN3O. The molecule has 2 aliphatic carbocycles. The van der Waals surface area contributed by atoms with Crippen LogP contribution in [0.1, 0.15) is 67.5 Å². The first-order chi connectivity index (χ1) is 13.2. The van der Waals surface area contributed by atoms with Crippen LogP contribution in [-0.4, -0.2) is 22.6 Å². The molecule has 0 bridgehead atoms. The lowest BCUT2D eigenvalue weighted by molar-refractivity contribution is -0.121. The molecule has 2 aliphatic rings. The Balaban J connectivity index is 1.36. The zero-order valence-electron chi connectivity index (χ0n) is 15.8. The Morgan fingerprint density at radius 3 is 2.81 bits per heavy atom. The van der Waals surface area contributed by atoms with Gasteiger partial charge in [0.2, 0.25) is 5.91 Å². The minimum Gasteiger partial charge on any atom is -0.355 e. The first-order valence-electron chi connectivity index (χ1n) is 10.2. The highest BCUT2D eigenvalue weighted by molar-refractivity contribution is 5.76. The van der Waals surface area contributed by atoms with Gasteiger partial charge in [0.15, 0.2) is 0 Å². The third kappa shape index (κ3) is 3.92. The van der Waals surface area contributed by atoms with Gasteiger partial charge in [0.25, 0.3) is 0 Å². The van der Waals surface area contributed by atoms with Gasteiger partial charge in [-0.05, 0) is 61.8 Å². The van der Waals surface area contributed by atoms with E-state index in [4.69, 9.17) is 0 Å². The number of carbonyl (C=O) groups is 1. The Labute approximate surface area is 159 Å². The number of hydrogen-bond donors (Lipinski definition) is 2. The number of H-pyrrole nitrogens is 1. The lowest BCUT2D eigenvalue weighted by Gasteiger charge is -2.30. The SMILES string of the molecule is O=C(CCc1n[nH]c2c1CCCC2)NCC1(c2cccc(F)c2)CCCC1. The summed E-state index contributed by atoms with van der Waals surface area (Å²) in [6, 6.07) is 6.88. The molecule has 0 unspecified atom stereocenters. The lowest BCUT2D eigenvalue weighted by atomic mass is 9.78. The first-order valence-corrected chi connectivity index (χ1v) is 10.2. The standard InChI is InChI=1S/C22H28FN3O/c23-17-7-5-6-16(14-17)22(12-3-4-13-22)15-24-21(27)11-10-20-18-8-1-2-9-19(18)25-26-20/h5-7,14H,1-4,8-13,15H2,(H,24,27)(H,25,26). The van der Waals surface area contributed by atoms with Gasteiger partial charge in [-0.1, -0.05) is 25.0 Å². The van der Waals surface area contributed by atoms with Gasteiger partial charge in [0.1, 0.15) is 5.82 Å². The quantitative estimate of drug-likeness (QED) is 0.809. The largest absolute Gasteiger partial charge is 0.355 e. The lowest BCUT2D eigenvalue weighted by Crippen LogP contribution is -2.39. The molecule has 2 aromatic rings. The van der Waals surface area contributed by atoms with E-state index >= 15 is 0 Å². The third-order valence-electron chi connectivity index (χ3n) is 6.35. The number of amides is 1. The van der Waals surface area contributed by atoms with E-state index in [2.05, 4.69) is 15.5 Å². The summed E-state index contributed by atoms with van der Waals surface area (Å²) in [5, 5.41) is 10.7. The Hall–Kier alpha value is -2.17. The molecule has 1 amide bonds. The maximum absolute atomic E-state index is 13.7. The van der Waals surface area contributed by atoms with E-state index in [0.717, 1.165) is 49.8 Å². The summed E-state index contributed by atoms with van der Waals surface area (Å²) in [5.41, 5.74) is 4.54. The highest BCUT2D eigenvalue weighted by Gasteiger charge is 2.36. The molecule has 0 radical (unpaired) electrons. The van der Waals surface area contributed by atoms with E-state index in [1.165, 1.54) is 30.2 Å². The van der Waals surface area contributed by atoms with Crippen LogP contribution in [-0.2, 0) is 29.5 Å². The van der Waals surface area contributed by atoms with Crippen LogP contribution < -0.4 is 5.32 Å². The molecule has 0 atom stereocenters. The van der Waals surface area contributed by atoms with Crippen LogP contribution in [0.15, 0.2) is 24.3 Å². The normalized spacial score (nSPS) is 18.3. The van der Waals surface area contributed by atoms with E-state index in [9.17, 15) is 9.18 Å². The van der Waals surface area contributed by atoms with E-state index in [0.29, 0.717) is 19.4 Å². The average Bonchev–Trinajstić information content (AvgIpc) is 3.33. The molecule has 4 nitrogen and oxygen atoms in total. The molecule has 1 aromatic carbocycles. The van der Waals surface area contributed by atoms with Crippen molar-refractivity contribution in [3.05, 3.63) is 52.6 Å². The number of carbonyl (C=O) groups excluding carboxylic acids is 1. The van der Waals surface area contributed by atoms with Crippen molar-refractivity contribution in [3.8, 4) is 0 Å². The minimum absolute atomic E-state index is 0.0604. The zero-order chi connectivity index (χ0) is 18.7. The Kier molecular flexibility index (Phi) is 5.28. The molecule has 0 spiro atoms. The van der Waals surface area contributed by atoms with Crippen LogP contribution in [0.5, 0.6) is 0 Å². The zero-order valence-corrected chi connectivity index (χ0v) is 15.8. The molecule has 5 heteroatoms. The topological polar surface area (TPSA) is 57.8 Å². The first kappa shape index (κ1) is 18.2. The predicted octanol–water partition coefficient (Wildman–Crippen LogP) is 3.99. The van der Waals surface area contributed by atoms with Gasteiger partial charge in [-0.15, -0.1) is 0 Å². The Morgan fingerprint density at radius 2 is 2.00 bits per heavy atom. The third-order valence-corrected chi connectivity index (χ3v) is 6.35. The maximum Gasteiger partial charge on any atom is 0.220 e. The summed E-state index contributed by atoms with van der Waals surface area (Å²) >= 11 is 0. The van der Waals surface area contributed by atoms with Gasteiger partial charge in [-0.2, -0.15) is 5.10 Å². The van der Waals surface area contributed by atoms with Gasteiger partial charge in [-0.3, -0.25) is 9.89 Å². The summed E-state index contributed by atoms with van der Waals surface area (Å²) in [4.78, 5) is 12.5. The number of aryl methyl sites for hydroxylation is 2. The van der Waals surface area contributed by atoms with Crippen LogP contribution >= 0.6 is 0 Å². The van der Waals surface area contributed by atoms with Gasteiger partial charge < -0.3 is 5.32 Å². The van der Waals surface area contributed by atoms with Crippen molar-refractivity contribution in [2.45, 2.75) is 69.6 Å². The summed E-state index contributed by atoms with van der Waals surface area (Å²) in [5.74, 6) is -0.140. The molecule has 2 N–H and O–H groups in total. The molecule has 0 saturated heterocycles. The van der Waals surface area contributed by atoms with Crippen LogP contribution in [0.25, 0.3) is 0 Å². The van der Waals surface area contributed by atoms with E-state index in [-0.39, 0.29) is 17.1 Å². The van der Waals surface area contributed by atoms with Gasteiger partial charge in [0.05, 0.1) is 5.69 Å². The van der Waals surface area contributed by atoms with Crippen LogP contribution in [0, 0.1) is 5.82 Å². The predicted molar refractivity (Wildman–Crippen MR) is 103 cm³/mol. The fourth-order valence-corrected chi connectivity index (χ4v) is 4.78. The van der Waals surface area contributed by atoms with E-state index in [1.54, 1.807) is 12.1 Å². The Bertz CT molecular complexity index is 808. The second kappa shape index (κ2) is 7.83. The van der Waals surface area contributed by atoms with Crippen molar-refractivity contribution < 1.29 is 9.18 Å². The molecular weight excluding hydrogens is 341 g/mol. The fraction of sp³-hybridized carbons (Fsp3) is 0.545. The molecule has 0 aliphatic heterocycles. The summed E-state index contributed by atoms with van der Waals surface area (Å²) in [6.45, 7) is 0.591. The molecule has 1 heterocycles. The van der Waals surface area contributed by atoms with Crippen LogP contribution in [0.4, 0.5) is 4.39 Å². The number of nitrogens with zero attached hydrogens (tertiary/aromatic N) is 1. The van der Waals surface area contributed by atoms with Gasteiger partial charge >= 0.3 is 0 Å². The van der Waals surface area contributed by atoms with Gasteiger partial charge in [0, 0.05) is 30.5 Å². The molecule has 4 rings (SSSR count). The number of nitrogens with one attached hydrogen (secondary N) is 2. The smallest absolute Gasteiger partial charge is 0.220 e. The van der Waals surface area contributed by atoms with Crippen LogP contribution in [0.3, 0.4) is 0 Å². The average molecular weight is 369 g/mol. The molecule has 144 valence electrons. The molecule has 1 saturated carbocycles. The number of rotatable bonds is 6. The number of benzene rings is 1.